The van der Waals surface area contributed by atoms with Crippen LogP contribution in [0.15, 0.2) is 18.2 Å². The molecule has 2 atom stereocenters. The van der Waals surface area contributed by atoms with Crippen molar-refractivity contribution in [3.05, 3.63) is 23.8 Å². The van der Waals surface area contributed by atoms with Crippen molar-refractivity contribution in [3.63, 3.8) is 0 Å². The van der Waals surface area contributed by atoms with Crippen molar-refractivity contribution in [2.75, 3.05) is 19.0 Å². The summed E-state index contributed by atoms with van der Waals surface area (Å²) in [4.78, 5) is 12.2. The minimum atomic E-state index is -0.228. The van der Waals surface area contributed by atoms with E-state index in [4.69, 9.17) is 4.74 Å². The fourth-order valence-corrected chi connectivity index (χ4v) is 3.76. The van der Waals surface area contributed by atoms with Crippen molar-refractivity contribution in [1.82, 2.24) is 5.32 Å². The number of carbonyl (C=O) groups is 1. The third-order valence-corrected chi connectivity index (χ3v) is 5.07. The monoisotopic (exact) mass is 355 g/mol. The summed E-state index contributed by atoms with van der Waals surface area (Å²) in [6, 6.07) is 4.72. The van der Waals surface area contributed by atoms with E-state index in [0.29, 0.717) is 29.7 Å². The van der Waals surface area contributed by atoms with Crippen LogP contribution in [0.25, 0.3) is 0 Å². The number of hydrogen-bond acceptors (Lipinski definition) is 3. The van der Waals surface area contributed by atoms with Crippen LogP contribution in [0.2, 0.25) is 0 Å². The molecule has 1 fully saturated rings. The maximum Gasteiger partial charge on any atom is 0.255 e. The average molecular weight is 356 g/mol. The van der Waals surface area contributed by atoms with Gasteiger partial charge in [0.25, 0.3) is 5.91 Å². The van der Waals surface area contributed by atoms with E-state index in [0.717, 1.165) is 11.8 Å². The van der Waals surface area contributed by atoms with Gasteiger partial charge in [0.1, 0.15) is 11.5 Å². The Morgan fingerprint density at radius 1 is 1.38 bits per heavy atom. The molecule has 0 radical (unpaired) electrons. The smallest absolute Gasteiger partial charge is 0.255 e. The molecular formula is C16H22BrNO3. The average Bonchev–Trinajstić information content (AvgIpc) is 2.52. The molecule has 0 bridgehead atoms. The molecule has 1 aromatic carbocycles. The molecule has 0 aliphatic heterocycles. The van der Waals surface area contributed by atoms with Crippen LogP contribution in [-0.2, 0) is 0 Å². The molecule has 0 saturated heterocycles. The fraction of sp³-hybridized carbons (Fsp3) is 0.562. The second-order valence-corrected chi connectivity index (χ2v) is 6.20. The van der Waals surface area contributed by atoms with Gasteiger partial charge in [0, 0.05) is 17.9 Å². The predicted molar refractivity (Wildman–Crippen MR) is 86.2 cm³/mol. The molecule has 2 rings (SSSR count). The third-order valence-electron chi connectivity index (χ3n) is 4.24. The van der Waals surface area contributed by atoms with Crippen molar-refractivity contribution < 1.29 is 14.6 Å². The number of rotatable bonds is 5. The molecule has 1 aromatic rings. The molecule has 1 aliphatic carbocycles. The summed E-state index contributed by atoms with van der Waals surface area (Å²) in [6.07, 6.45) is 4.89. The largest absolute Gasteiger partial charge is 0.507 e. The predicted octanol–water partition coefficient (Wildman–Crippen LogP) is 3.33. The van der Waals surface area contributed by atoms with Crippen molar-refractivity contribution in [1.29, 1.82) is 0 Å². The van der Waals surface area contributed by atoms with Crippen molar-refractivity contribution in [2.45, 2.75) is 25.7 Å². The summed E-state index contributed by atoms with van der Waals surface area (Å²) in [5.74, 6) is 1.41. The first-order chi connectivity index (χ1) is 10.2. The Balaban J connectivity index is 1.95. The SMILES string of the molecule is COc1ccc(C(=O)NCC2CCCCC2CBr)c(O)c1. The van der Waals surface area contributed by atoms with E-state index >= 15 is 0 Å². The van der Waals surface area contributed by atoms with Gasteiger partial charge in [-0.3, -0.25) is 4.79 Å². The highest BCUT2D eigenvalue weighted by atomic mass is 79.9. The topological polar surface area (TPSA) is 58.6 Å². The lowest BCUT2D eigenvalue weighted by atomic mass is 9.80. The molecule has 116 valence electrons. The number of halogens is 1. The lowest BCUT2D eigenvalue weighted by Gasteiger charge is -2.30. The summed E-state index contributed by atoms with van der Waals surface area (Å²) < 4.78 is 5.02. The van der Waals surface area contributed by atoms with Gasteiger partial charge in [0.2, 0.25) is 0 Å². The number of ether oxygens (including phenoxy) is 1. The summed E-state index contributed by atoms with van der Waals surface area (Å²) in [7, 11) is 1.53. The van der Waals surface area contributed by atoms with E-state index in [1.807, 2.05) is 0 Å². The first-order valence-electron chi connectivity index (χ1n) is 7.37. The van der Waals surface area contributed by atoms with Gasteiger partial charge in [-0.05, 0) is 36.8 Å². The normalized spacial score (nSPS) is 21.8. The van der Waals surface area contributed by atoms with Gasteiger partial charge in [-0.15, -0.1) is 0 Å². The zero-order chi connectivity index (χ0) is 15.2. The Bertz CT molecular complexity index is 492. The van der Waals surface area contributed by atoms with Gasteiger partial charge in [0.15, 0.2) is 0 Å². The second kappa shape index (κ2) is 7.69. The molecule has 2 N–H and O–H groups in total. The highest BCUT2D eigenvalue weighted by molar-refractivity contribution is 9.09. The van der Waals surface area contributed by atoms with Gasteiger partial charge in [-0.25, -0.2) is 0 Å². The minimum Gasteiger partial charge on any atom is -0.507 e. The standard InChI is InChI=1S/C16H22BrNO3/c1-21-13-6-7-14(15(19)8-13)16(20)18-10-12-5-3-2-4-11(12)9-17/h6-8,11-12,19H,2-5,9-10H2,1H3,(H,18,20). The van der Waals surface area contributed by atoms with Gasteiger partial charge >= 0.3 is 0 Å². The maximum atomic E-state index is 12.2. The molecule has 4 nitrogen and oxygen atoms in total. The van der Waals surface area contributed by atoms with Crippen molar-refractivity contribution in [3.8, 4) is 11.5 Å². The highest BCUT2D eigenvalue weighted by Crippen LogP contribution is 2.31. The number of benzene rings is 1. The Hall–Kier alpha value is -1.23. The quantitative estimate of drug-likeness (QED) is 0.796. The highest BCUT2D eigenvalue weighted by Gasteiger charge is 2.24. The van der Waals surface area contributed by atoms with Crippen LogP contribution in [0.5, 0.6) is 11.5 Å². The van der Waals surface area contributed by atoms with Crippen LogP contribution >= 0.6 is 15.9 Å². The van der Waals surface area contributed by atoms with E-state index in [-0.39, 0.29) is 11.7 Å². The Labute approximate surface area is 134 Å². The summed E-state index contributed by atoms with van der Waals surface area (Å²) in [6.45, 7) is 0.667. The lowest BCUT2D eigenvalue weighted by Crippen LogP contribution is -2.34. The maximum absolute atomic E-state index is 12.2. The van der Waals surface area contributed by atoms with Crippen LogP contribution in [0.1, 0.15) is 36.0 Å². The Morgan fingerprint density at radius 3 is 2.71 bits per heavy atom. The van der Waals surface area contributed by atoms with Crippen LogP contribution in [0.3, 0.4) is 0 Å². The van der Waals surface area contributed by atoms with Crippen molar-refractivity contribution >= 4 is 21.8 Å². The number of phenolic OH excluding ortho intramolecular Hbond substituents is 1. The van der Waals surface area contributed by atoms with Gasteiger partial charge in [0.05, 0.1) is 12.7 Å². The van der Waals surface area contributed by atoms with Crippen LogP contribution < -0.4 is 10.1 Å². The Morgan fingerprint density at radius 2 is 2.10 bits per heavy atom. The van der Waals surface area contributed by atoms with Gasteiger partial charge < -0.3 is 15.2 Å². The summed E-state index contributed by atoms with van der Waals surface area (Å²) in [5.41, 5.74) is 0.294. The first-order valence-corrected chi connectivity index (χ1v) is 8.49. The van der Waals surface area contributed by atoms with Gasteiger partial charge in [-0.1, -0.05) is 28.8 Å². The first kappa shape index (κ1) is 16.1. The molecule has 0 spiro atoms. The number of phenols is 1. The molecule has 5 heteroatoms. The van der Waals surface area contributed by atoms with Gasteiger partial charge in [-0.2, -0.15) is 0 Å². The fourth-order valence-electron chi connectivity index (χ4n) is 2.91. The zero-order valence-corrected chi connectivity index (χ0v) is 13.9. The lowest BCUT2D eigenvalue weighted by molar-refractivity contribution is 0.0934. The molecule has 0 heterocycles. The summed E-state index contributed by atoms with van der Waals surface area (Å²) in [5, 5.41) is 13.8. The molecule has 1 saturated carbocycles. The van der Waals surface area contributed by atoms with Crippen LogP contribution in [-0.4, -0.2) is 30.0 Å². The number of methoxy groups -OCH3 is 1. The van der Waals surface area contributed by atoms with E-state index < -0.39 is 0 Å². The van der Waals surface area contributed by atoms with E-state index in [1.165, 1.54) is 32.4 Å². The number of aromatic hydroxyl groups is 1. The summed E-state index contributed by atoms with van der Waals surface area (Å²) >= 11 is 3.56. The van der Waals surface area contributed by atoms with E-state index in [2.05, 4.69) is 21.2 Å². The van der Waals surface area contributed by atoms with Crippen LogP contribution in [0.4, 0.5) is 0 Å². The molecule has 0 aromatic heterocycles. The third kappa shape index (κ3) is 4.13. The van der Waals surface area contributed by atoms with Crippen molar-refractivity contribution in [2.24, 2.45) is 11.8 Å². The molecule has 1 amide bonds. The number of amides is 1. The Kier molecular flexibility index (Phi) is 5.91. The molecule has 2 unspecified atom stereocenters. The molecule has 1 aliphatic rings. The van der Waals surface area contributed by atoms with E-state index in [1.54, 1.807) is 12.1 Å². The molecular weight excluding hydrogens is 334 g/mol. The number of carbonyl (C=O) groups excluding carboxylic acids is 1. The molecule has 21 heavy (non-hydrogen) atoms. The zero-order valence-electron chi connectivity index (χ0n) is 12.3. The van der Waals surface area contributed by atoms with E-state index in [9.17, 15) is 9.90 Å². The van der Waals surface area contributed by atoms with Crippen LogP contribution in [0, 0.1) is 11.8 Å². The number of hydrogen-bond donors (Lipinski definition) is 2. The minimum absolute atomic E-state index is 0.0486. The number of nitrogens with one attached hydrogen (secondary N) is 1. The second-order valence-electron chi connectivity index (χ2n) is 5.55. The number of alkyl halides is 1.